The van der Waals surface area contributed by atoms with Crippen molar-refractivity contribution in [3.8, 4) is 22.6 Å². The van der Waals surface area contributed by atoms with Crippen LogP contribution in [0.25, 0.3) is 11.1 Å². The van der Waals surface area contributed by atoms with Crippen LogP contribution in [-0.4, -0.2) is 39.0 Å². The zero-order valence-electron chi connectivity index (χ0n) is 15.4. The smallest absolute Gasteiger partial charge is 0.408 e. The van der Waals surface area contributed by atoms with Crippen molar-refractivity contribution in [1.82, 2.24) is 5.32 Å². The number of rotatable bonds is 5. The van der Waals surface area contributed by atoms with Crippen molar-refractivity contribution in [3.63, 3.8) is 0 Å². The van der Waals surface area contributed by atoms with Crippen LogP contribution in [-0.2, 0) is 16.0 Å². The molecule has 2 aromatic rings. The Balaban J connectivity index is 2.22. The number of carbonyl (C=O) groups is 2. The van der Waals surface area contributed by atoms with Crippen LogP contribution in [0.2, 0.25) is 0 Å². The monoisotopic (exact) mass is 373 g/mol. The lowest BCUT2D eigenvalue weighted by atomic mass is 9.98. The van der Waals surface area contributed by atoms with Crippen LogP contribution in [0.15, 0.2) is 42.5 Å². The maximum absolute atomic E-state index is 11.8. The number of alkyl carbamates (subject to hydrolysis) is 1. The Kier molecular flexibility index (Phi) is 5.95. The maximum Gasteiger partial charge on any atom is 0.408 e. The highest BCUT2D eigenvalue weighted by atomic mass is 16.6. The number of phenols is 2. The number of carbonyl (C=O) groups excluding carboxylic acids is 1. The first kappa shape index (κ1) is 20.1. The quantitative estimate of drug-likeness (QED) is 0.639. The number of phenolic OH excluding ortho intramolecular Hbond substituents is 2. The fourth-order valence-corrected chi connectivity index (χ4v) is 2.57. The Morgan fingerprint density at radius 2 is 1.63 bits per heavy atom. The standard InChI is InChI=1S/C20H23NO6/c1-20(2,3)27-19(26)21-14(18(24)25)9-12-10-15(22)17(16(23)11-12)13-7-5-4-6-8-13/h4-8,10-11,14,22-23H,9H2,1-3H3,(H,21,26)(H,24,25). The van der Waals surface area contributed by atoms with Gasteiger partial charge in [0.25, 0.3) is 0 Å². The van der Waals surface area contributed by atoms with Gasteiger partial charge in [-0.05, 0) is 44.0 Å². The second kappa shape index (κ2) is 7.99. The minimum Gasteiger partial charge on any atom is -0.507 e. The molecule has 0 spiro atoms. The normalized spacial score (nSPS) is 12.3. The summed E-state index contributed by atoms with van der Waals surface area (Å²) in [5.41, 5.74) is 0.473. The van der Waals surface area contributed by atoms with Gasteiger partial charge in [0.1, 0.15) is 23.1 Å². The summed E-state index contributed by atoms with van der Waals surface area (Å²) in [6.45, 7) is 5.00. The molecule has 4 N–H and O–H groups in total. The van der Waals surface area contributed by atoms with E-state index in [9.17, 15) is 24.9 Å². The van der Waals surface area contributed by atoms with Gasteiger partial charge in [0.2, 0.25) is 0 Å². The van der Waals surface area contributed by atoms with Crippen molar-refractivity contribution < 1.29 is 29.6 Å². The highest BCUT2D eigenvalue weighted by Crippen LogP contribution is 2.38. The molecular formula is C20H23NO6. The van der Waals surface area contributed by atoms with Gasteiger partial charge in [-0.1, -0.05) is 30.3 Å². The van der Waals surface area contributed by atoms with E-state index >= 15 is 0 Å². The molecule has 1 atom stereocenters. The van der Waals surface area contributed by atoms with E-state index in [-0.39, 0.29) is 23.5 Å². The average Bonchev–Trinajstić information content (AvgIpc) is 2.52. The highest BCUT2D eigenvalue weighted by molar-refractivity contribution is 5.81. The number of aromatic hydroxyl groups is 2. The molecule has 0 aliphatic rings. The van der Waals surface area contributed by atoms with Crippen molar-refractivity contribution >= 4 is 12.1 Å². The van der Waals surface area contributed by atoms with Crippen molar-refractivity contribution in [3.05, 3.63) is 48.0 Å². The molecule has 7 heteroatoms. The van der Waals surface area contributed by atoms with Crippen LogP contribution < -0.4 is 5.32 Å². The predicted molar refractivity (Wildman–Crippen MR) is 99.7 cm³/mol. The minimum atomic E-state index is -1.28. The number of amides is 1. The molecule has 7 nitrogen and oxygen atoms in total. The van der Waals surface area contributed by atoms with E-state index < -0.39 is 23.7 Å². The molecule has 2 aromatic carbocycles. The van der Waals surface area contributed by atoms with Gasteiger partial charge < -0.3 is 25.4 Å². The first-order valence-corrected chi connectivity index (χ1v) is 8.39. The number of carboxylic acids is 1. The van der Waals surface area contributed by atoms with Crippen LogP contribution in [0.1, 0.15) is 26.3 Å². The van der Waals surface area contributed by atoms with Crippen molar-refractivity contribution in [2.75, 3.05) is 0 Å². The second-order valence-electron chi connectivity index (χ2n) is 7.12. The lowest BCUT2D eigenvalue weighted by Crippen LogP contribution is -2.44. The molecule has 27 heavy (non-hydrogen) atoms. The first-order chi connectivity index (χ1) is 12.6. The summed E-state index contributed by atoms with van der Waals surface area (Å²) in [5.74, 6) is -1.62. The Morgan fingerprint density at radius 1 is 1.07 bits per heavy atom. The first-order valence-electron chi connectivity index (χ1n) is 8.39. The molecule has 1 amide bonds. The lowest BCUT2D eigenvalue weighted by molar-refractivity contribution is -0.139. The van der Waals surface area contributed by atoms with Crippen molar-refractivity contribution in [1.29, 1.82) is 0 Å². The molecule has 0 radical (unpaired) electrons. The molecule has 144 valence electrons. The largest absolute Gasteiger partial charge is 0.507 e. The van der Waals surface area contributed by atoms with Gasteiger partial charge in [-0.15, -0.1) is 0 Å². The average molecular weight is 373 g/mol. The zero-order chi connectivity index (χ0) is 20.2. The number of hydrogen-bond donors (Lipinski definition) is 4. The van der Waals surface area contributed by atoms with E-state index in [4.69, 9.17) is 4.74 Å². The van der Waals surface area contributed by atoms with Gasteiger partial charge in [0.05, 0.1) is 5.56 Å². The van der Waals surface area contributed by atoms with Gasteiger partial charge in [-0.2, -0.15) is 0 Å². The summed E-state index contributed by atoms with van der Waals surface area (Å²) in [6, 6.07) is 10.3. The van der Waals surface area contributed by atoms with Gasteiger partial charge >= 0.3 is 12.1 Å². The summed E-state index contributed by atoms with van der Waals surface area (Å²) in [5, 5.41) is 32.2. The Bertz CT molecular complexity index is 803. The second-order valence-corrected chi connectivity index (χ2v) is 7.12. The molecular weight excluding hydrogens is 350 g/mol. The Labute approximate surface area is 157 Å². The summed E-state index contributed by atoms with van der Waals surface area (Å²) in [4.78, 5) is 23.3. The molecule has 0 saturated heterocycles. The van der Waals surface area contributed by atoms with Gasteiger partial charge in [0, 0.05) is 6.42 Å². The topological polar surface area (TPSA) is 116 Å². The summed E-state index contributed by atoms with van der Waals surface area (Å²) >= 11 is 0. The molecule has 2 rings (SSSR count). The third kappa shape index (κ3) is 5.64. The Hall–Kier alpha value is -3.22. The fraction of sp³-hybridized carbons (Fsp3) is 0.300. The number of hydrogen-bond acceptors (Lipinski definition) is 5. The van der Waals surface area contributed by atoms with Crippen LogP contribution in [0.3, 0.4) is 0 Å². The summed E-state index contributed by atoms with van der Waals surface area (Å²) in [7, 11) is 0. The molecule has 1 unspecified atom stereocenters. The van der Waals surface area contributed by atoms with E-state index in [1.54, 1.807) is 45.0 Å². The number of aliphatic carboxylic acids is 1. The number of carboxylic acid groups (broad SMARTS) is 1. The molecule has 0 aliphatic heterocycles. The minimum absolute atomic E-state index is 0.134. The van der Waals surface area contributed by atoms with E-state index in [1.165, 1.54) is 12.1 Å². The van der Waals surface area contributed by atoms with Crippen molar-refractivity contribution in [2.24, 2.45) is 0 Å². The molecule has 0 fully saturated rings. The molecule has 0 aromatic heterocycles. The fourth-order valence-electron chi connectivity index (χ4n) is 2.57. The van der Waals surface area contributed by atoms with Crippen LogP contribution in [0.5, 0.6) is 11.5 Å². The van der Waals surface area contributed by atoms with E-state index in [0.29, 0.717) is 11.1 Å². The van der Waals surface area contributed by atoms with Crippen LogP contribution in [0, 0.1) is 0 Å². The van der Waals surface area contributed by atoms with E-state index in [0.717, 1.165) is 0 Å². The number of nitrogens with one attached hydrogen (secondary N) is 1. The SMILES string of the molecule is CC(C)(C)OC(=O)NC(Cc1cc(O)c(-c2ccccc2)c(O)c1)C(=O)O. The van der Waals surface area contributed by atoms with E-state index in [1.807, 2.05) is 6.07 Å². The number of benzene rings is 2. The molecule has 0 aliphatic carbocycles. The summed E-state index contributed by atoms with van der Waals surface area (Å²) < 4.78 is 5.07. The third-order valence-corrected chi connectivity index (χ3v) is 3.65. The van der Waals surface area contributed by atoms with Crippen molar-refractivity contribution in [2.45, 2.75) is 38.8 Å². The summed E-state index contributed by atoms with van der Waals surface area (Å²) in [6.07, 6.45) is -0.991. The van der Waals surface area contributed by atoms with Crippen LogP contribution >= 0.6 is 0 Å². The zero-order valence-corrected chi connectivity index (χ0v) is 15.4. The number of ether oxygens (including phenoxy) is 1. The molecule has 0 saturated carbocycles. The molecule has 0 bridgehead atoms. The Morgan fingerprint density at radius 3 is 2.11 bits per heavy atom. The van der Waals surface area contributed by atoms with E-state index in [2.05, 4.69) is 5.32 Å². The van der Waals surface area contributed by atoms with Gasteiger partial charge in [-0.25, -0.2) is 9.59 Å². The lowest BCUT2D eigenvalue weighted by Gasteiger charge is -2.22. The predicted octanol–water partition coefficient (Wildman–Crippen LogP) is 3.29. The van der Waals surface area contributed by atoms with Gasteiger partial charge in [-0.3, -0.25) is 0 Å². The maximum atomic E-state index is 11.8. The van der Waals surface area contributed by atoms with Gasteiger partial charge in [0.15, 0.2) is 0 Å². The van der Waals surface area contributed by atoms with Crippen LogP contribution in [0.4, 0.5) is 4.79 Å². The highest BCUT2D eigenvalue weighted by Gasteiger charge is 2.25. The molecule has 0 heterocycles. The third-order valence-electron chi connectivity index (χ3n) is 3.65.